The van der Waals surface area contributed by atoms with Crippen molar-refractivity contribution in [2.45, 2.75) is 40.0 Å². The first-order chi connectivity index (χ1) is 12.7. The normalized spacial score (nSPS) is 16.4. The molecule has 1 aromatic carbocycles. The molecule has 2 nitrogen and oxygen atoms in total. The number of halogens is 1. The summed E-state index contributed by atoms with van der Waals surface area (Å²) in [6.45, 7) is 7.59. The number of nitrogens with zero attached hydrogens (tertiary/aromatic N) is 2. The van der Waals surface area contributed by atoms with Crippen LogP contribution in [0.4, 0.5) is 4.39 Å². The molecule has 0 radical (unpaired) electrons. The van der Waals surface area contributed by atoms with Crippen LogP contribution in [0.2, 0.25) is 0 Å². The first-order valence-corrected chi connectivity index (χ1v) is 10.0. The number of benzene rings is 1. The third-order valence-corrected chi connectivity index (χ3v) is 6.02. The van der Waals surface area contributed by atoms with E-state index in [9.17, 15) is 4.39 Å². The van der Waals surface area contributed by atoms with Gasteiger partial charge in [0, 0.05) is 23.8 Å². The first-order valence-electron chi connectivity index (χ1n) is 9.21. The van der Waals surface area contributed by atoms with E-state index in [1.165, 1.54) is 21.2 Å². The first kappa shape index (κ1) is 18.7. The summed E-state index contributed by atoms with van der Waals surface area (Å²) in [6, 6.07) is 11.0. The van der Waals surface area contributed by atoms with Crippen LogP contribution in [0.3, 0.4) is 0 Å². The molecule has 26 heavy (non-hydrogen) atoms. The highest BCUT2D eigenvalue weighted by atomic mass is 32.2. The van der Waals surface area contributed by atoms with Crippen molar-refractivity contribution in [3.63, 3.8) is 0 Å². The van der Waals surface area contributed by atoms with E-state index in [0.717, 1.165) is 36.9 Å². The number of allylic oxidation sites excluding steroid dienone is 1. The average molecular weight is 369 g/mol. The van der Waals surface area contributed by atoms with Crippen molar-refractivity contribution in [3.05, 3.63) is 76.3 Å². The van der Waals surface area contributed by atoms with Crippen molar-refractivity contribution < 1.29 is 4.39 Å². The fraction of sp³-hybridized carbons (Fsp3) is 0.318. The predicted octanol–water partition coefficient (Wildman–Crippen LogP) is 6.54. The molecule has 2 aromatic rings. The highest BCUT2D eigenvalue weighted by Gasteiger charge is 2.30. The number of unbranched alkanes of at least 4 members (excludes halogenated alkanes) is 1. The van der Waals surface area contributed by atoms with Crippen LogP contribution < -0.4 is 0 Å². The molecule has 0 saturated heterocycles. The van der Waals surface area contributed by atoms with Gasteiger partial charge in [0.1, 0.15) is 5.82 Å². The number of hydrogen-bond donors (Lipinski definition) is 0. The summed E-state index contributed by atoms with van der Waals surface area (Å²) in [7, 11) is 0. The Morgan fingerprint density at radius 3 is 2.35 bits per heavy atom. The molecule has 136 valence electrons. The minimum absolute atomic E-state index is 0.203. The minimum atomic E-state index is -0.203. The lowest BCUT2D eigenvalue weighted by molar-refractivity contribution is 0.496. The van der Waals surface area contributed by atoms with Gasteiger partial charge in [0.25, 0.3) is 0 Å². The Morgan fingerprint density at radius 1 is 1.04 bits per heavy atom. The van der Waals surface area contributed by atoms with Gasteiger partial charge >= 0.3 is 0 Å². The van der Waals surface area contributed by atoms with Crippen molar-refractivity contribution in [1.82, 2.24) is 9.88 Å². The van der Waals surface area contributed by atoms with Crippen LogP contribution in [0.5, 0.6) is 0 Å². The van der Waals surface area contributed by atoms with Gasteiger partial charge < -0.3 is 4.90 Å². The smallest absolute Gasteiger partial charge is 0.123 e. The lowest BCUT2D eigenvalue weighted by atomic mass is 10.1. The highest BCUT2D eigenvalue weighted by Crippen LogP contribution is 2.51. The van der Waals surface area contributed by atoms with Crippen LogP contribution in [0.25, 0.3) is 10.6 Å². The van der Waals surface area contributed by atoms with E-state index in [2.05, 4.69) is 30.7 Å². The summed E-state index contributed by atoms with van der Waals surface area (Å²) in [5, 5.41) is 1.31. The second-order valence-corrected chi connectivity index (χ2v) is 7.47. The quantitative estimate of drug-likeness (QED) is 0.576. The predicted molar refractivity (Wildman–Crippen MR) is 110 cm³/mol. The molecule has 0 atom stereocenters. The number of hydrogen-bond acceptors (Lipinski definition) is 3. The maximum absolute atomic E-state index is 13.5. The second-order valence-electron chi connectivity index (χ2n) is 6.47. The lowest BCUT2D eigenvalue weighted by Crippen LogP contribution is -2.19. The summed E-state index contributed by atoms with van der Waals surface area (Å²) in [5.74, 6) is -0.203. The Balaban J connectivity index is 2.17. The Bertz CT molecular complexity index is 810. The molecule has 0 N–H and O–H groups in total. The summed E-state index contributed by atoms with van der Waals surface area (Å²) < 4.78 is 13.5. The Morgan fingerprint density at radius 2 is 1.73 bits per heavy atom. The Labute approximate surface area is 159 Å². The van der Waals surface area contributed by atoms with E-state index >= 15 is 0 Å². The third kappa shape index (κ3) is 3.85. The zero-order chi connectivity index (χ0) is 18.5. The molecule has 0 unspecified atom stereocenters. The summed E-state index contributed by atoms with van der Waals surface area (Å²) in [5.41, 5.74) is 4.78. The van der Waals surface area contributed by atoms with Gasteiger partial charge in [0.2, 0.25) is 0 Å². The molecule has 3 rings (SSSR count). The lowest BCUT2D eigenvalue weighted by Gasteiger charge is -2.25. The maximum atomic E-state index is 13.5. The van der Waals surface area contributed by atoms with Crippen molar-refractivity contribution in [2.75, 3.05) is 6.54 Å². The highest BCUT2D eigenvalue weighted by molar-refractivity contribution is 8.12. The van der Waals surface area contributed by atoms with Crippen LogP contribution in [-0.2, 0) is 0 Å². The maximum Gasteiger partial charge on any atom is 0.123 e. The molecule has 4 heteroatoms. The third-order valence-electron chi connectivity index (χ3n) is 4.62. The molecule has 0 spiro atoms. The second kappa shape index (κ2) is 8.54. The summed E-state index contributed by atoms with van der Waals surface area (Å²) in [4.78, 5) is 7.80. The van der Waals surface area contributed by atoms with E-state index in [1.54, 1.807) is 12.1 Å². The SMILES string of the molecule is CCCCN1C(c2ccc(F)cc2)=C(c2ccncc2)S/C1=C(/C)CC. The molecule has 1 aliphatic heterocycles. The van der Waals surface area contributed by atoms with Gasteiger partial charge in [-0.25, -0.2) is 4.39 Å². The van der Waals surface area contributed by atoms with E-state index in [4.69, 9.17) is 0 Å². The largest absolute Gasteiger partial charge is 0.335 e. The molecule has 0 amide bonds. The molecule has 2 heterocycles. The van der Waals surface area contributed by atoms with E-state index in [-0.39, 0.29) is 5.82 Å². The van der Waals surface area contributed by atoms with Crippen molar-refractivity contribution >= 4 is 22.4 Å². The van der Waals surface area contributed by atoms with Gasteiger partial charge in [-0.2, -0.15) is 0 Å². The van der Waals surface area contributed by atoms with Crippen LogP contribution >= 0.6 is 11.8 Å². The van der Waals surface area contributed by atoms with Gasteiger partial charge in [0.05, 0.1) is 10.7 Å². The number of rotatable bonds is 6. The standard InChI is InChI=1S/C22H25FN2S/c1-4-6-15-25-20(17-7-9-19(23)10-8-17)21(18-11-13-24-14-12-18)26-22(25)16(3)5-2/h7-14H,4-6,15H2,1-3H3/b22-16-. The van der Waals surface area contributed by atoms with Crippen LogP contribution in [0.15, 0.2) is 59.4 Å². The van der Waals surface area contributed by atoms with Crippen LogP contribution in [0, 0.1) is 5.82 Å². The monoisotopic (exact) mass is 368 g/mol. The number of thioether (sulfide) groups is 1. The van der Waals surface area contributed by atoms with Crippen molar-refractivity contribution in [1.29, 1.82) is 0 Å². The Kier molecular flexibility index (Phi) is 6.15. The van der Waals surface area contributed by atoms with E-state index in [0.29, 0.717) is 0 Å². The molecule has 1 aromatic heterocycles. The van der Waals surface area contributed by atoms with Gasteiger partial charge in [-0.3, -0.25) is 4.98 Å². The zero-order valence-electron chi connectivity index (χ0n) is 15.6. The fourth-order valence-corrected chi connectivity index (χ4v) is 4.40. The minimum Gasteiger partial charge on any atom is -0.335 e. The molecule has 0 bridgehead atoms. The molecular formula is C22H25FN2S. The molecule has 1 aliphatic rings. The summed E-state index contributed by atoms with van der Waals surface area (Å²) in [6.07, 6.45) is 6.94. The fourth-order valence-electron chi connectivity index (χ4n) is 3.02. The van der Waals surface area contributed by atoms with E-state index in [1.807, 2.05) is 48.4 Å². The topological polar surface area (TPSA) is 16.1 Å². The van der Waals surface area contributed by atoms with Crippen LogP contribution in [-0.4, -0.2) is 16.4 Å². The number of aromatic nitrogens is 1. The molecule has 0 aliphatic carbocycles. The van der Waals surface area contributed by atoms with Crippen molar-refractivity contribution in [3.8, 4) is 0 Å². The van der Waals surface area contributed by atoms with Gasteiger partial charge in [-0.05, 0) is 72.9 Å². The Hall–Kier alpha value is -2.07. The molecular weight excluding hydrogens is 343 g/mol. The summed E-state index contributed by atoms with van der Waals surface area (Å²) >= 11 is 1.83. The van der Waals surface area contributed by atoms with Crippen LogP contribution in [0.1, 0.15) is 51.2 Å². The van der Waals surface area contributed by atoms with Gasteiger partial charge in [-0.15, -0.1) is 0 Å². The van der Waals surface area contributed by atoms with Gasteiger partial charge in [0.15, 0.2) is 0 Å². The molecule has 0 fully saturated rings. The van der Waals surface area contributed by atoms with E-state index < -0.39 is 0 Å². The van der Waals surface area contributed by atoms with Crippen molar-refractivity contribution in [2.24, 2.45) is 0 Å². The van der Waals surface area contributed by atoms with Gasteiger partial charge in [-0.1, -0.05) is 32.0 Å². The average Bonchev–Trinajstić information content (AvgIpc) is 3.06. The zero-order valence-corrected chi connectivity index (χ0v) is 16.4. The number of pyridine rings is 1. The molecule has 0 saturated carbocycles.